The summed E-state index contributed by atoms with van der Waals surface area (Å²) in [6.07, 6.45) is 8.70. The van der Waals surface area contributed by atoms with E-state index in [1.54, 1.807) is 0 Å². The molecule has 8 heteroatoms. The monoisotopic (exact) mass is 615 g/mol. The average molecular weight is 616 g/mol. The lowest BCUT2D eigenvalue weighted by molar-refractivity contribution is -0.138. The zero-order valence-corrected chi connectivity index (χ0v) is 23.7. The van der Waals surface area contributed by atoms with Gasteiger partial charge in [0.2, 0.25) is 6.79 Å². The topological polar surface area (TPSA) is 98.9 Å². The number of carboxylic acids is 1. The SMILES string of the molecule is CCCCCCCCS(=O)C(C)Cc1ccc2c(c1)OCO2.N[C@@H](Cc1ccc(I)cc1)C(=O)O. The van der Waals surface area contributed by atoms with E-state index in [0.717, 1.165) is 39.2 Å². The summed E-state index contributed by atoms with van der Waals surface area (Å²) in [4.78, 5) is 10.4. The molecule has 0 aromatic heterocycles. The molecule has 0 bridgehead atoms. The van der Waals surface area contributed by atoms with Gasteiger partial charge in [0.1, 0.15) is 6.04 Å². The molecule has 0 aliphatic carbocycles. The lowest BCUT2D eigenvalue weighted by atomic mass is 10.1. The largest absolute Gasteiger partial charge is 0.480 e. The number of carboxylic acid groups (broad SMARTS) is 1. The minimum absolute atomic E-state index is 0.191. The van der Waals surface area contributed by atoms with Crippen molar-refractivity contribution in [3.8, 4) is 11.5 Å². The highest BCUT2D eigenvalue weighted by Gasteiger charge is 2.16. The van der Waals surface area contributed by atoms with Gasteiger partial charge in [-0.25, -0.2) is 0 Å². The van der Waals surface area contributed by atoms with Gasteiger partial charge in [0.05, 0.1) is 0 Å². The first-order valence-corrected chi connectivity index (χ1v) is 14.7. The van der Waals surface area contributed by atoms with Crippen LogP contribution in [0.1, 0.15) is 63.5 Å². The predicted molar refractivity (Wildman–Crippen MR) is 151 cm³/mol. The van der Waals surface area contributed by atoms with Crippen molar-refractivity contribution in [1.29, 1.82) is 0 Å². The maximum atomic E-state index is 12.3. The Bertz CT molecular complexity index is 938. The number of carbonyl (C=O) groups is 1. The molecule has 6 nitrogen and oxygen atoms in total. The molecule has 3 rings (SSSR count). The molecule has 1 aliphatic rings. The third kappa shape index (κ3) is 11.3. The molecule has 1 heterocycles. The first kappa shape index (κ1) is 29.6. The number of rotatable bonds is 13. The highest BCUT2D eigenvalue weighted by Crippen LogP contribution is 2.33. The maximum Gasteiger partial charge on any atom is 0.320 e. The van der Waals surface area contributed by atoms with Crippen LogP contribution in [0.15, 0.2) is 42.5 Å². The van der Waals surface area contributed by atoms with Crippen LogP contribution >= 0.6 is 22.6 Å². The fourth-order valence-corrected chi connectivity index (χ4v) is 5.31. The van der Waals surface area contributed by atoms with Crippen molar-refractivity contribution in [2.75, 3.05) is 12.5 Å². The molecule has 0 fully saturated rings. The van der Waals surface area contributed by atoms with E-state index in [9.17, 15) is 9.00 Å². The molecule has 2 aromatic carbocycles. The number of hydrogen-bond donors (Lipinski definition) is 2. The Hall–Kier alpha value is -1.65. The first-order chi connectivity index (χ1) is 16.8. The van der Waals surface area contributed by atoms with Crippen LogP contribution in [-0.4, -0.2) is 39.1 Å². The van der Waals surface area contributed by atoms with Gasteiger partial charge in [-0.3, -0.25) is 9.00 Å². The standard InChI is InChI=1S/C18H28O3S.C9H10INO2/c1-3-4-5-6-7-8-11-22(19)15(2)12-16-9-10-17-18(13-16)21-14-20-17;10-7-3-1-6(2-4-7)5-8(11)9(12)13/h9-10,13,15H,3-8,11-12,14H2,1-2H3;1-4,8H,5,11H2,(H,12,13)/t;8-/m.0/s1. The summed E-state index contributed by atoms with van der Waals surface area (Å²) in [6, 6.07) is 12.9. The summed E-state index contributed by atoms with van der Waals surface area (Å²) < 4.78 is 24.2. The van der Waals surface area contributed by atoms with E-state index in [0.29, 0.717) is 13.2 Å². The third-order valence-corrected chi connectivity index (χ3v) is 8.27. The summed E-state index contributed by atoms with van der Waals surface area (Å²) in [5.74, 6) is 1.49. The highest BCUT2D eigenvalue weighted by atomic mass is 127. The Labute approximate surface area is 225 Å². The van der Waals surface area contributed by atoms with Crippen molar-refractivity contribution in [3.63, 3.8) is 0 Å². The highest BCUT2D eigenvalue weighted by molar-refractivity contribution is 14.1. The van der Waals surface area contributed by atoms with Crippen molar-refractivity contribution in [2.45, 2.75) is 76.5 Å². The second-order valence-electron chi connectivity index (χ2n) is 8.83. The summed E-state index contributed by atoms with van der Waals surface area (Å²) in [5.41, 5.74) is 7.51. The summed E-state index contributed by atoms with van der Waals surface area (Å²) >= 11 is 2.20. The molecular formula is C27H38INO5S. The number of hydrogen-bond acceptors (Lipinski definition) is 5. The fraction of sp³-hybridized carbons (Fsp3) is 0.519. The molecule has 194 valence electrons. The van der Waals surface area contributed by atoms with E-state index >= 15 is 0 Å². The Morgan fingerprint density at radius 3 is 2.31 bits per heavy atom. The molecule has 3 N–H and O–H groups in total. The maximum absolute atomic E-state index is 12.3. The quantitative estimate of drug-likeness (QED) is 0.222. The van der Waals surface area contributed by atoms with Crippen LogP contribution in [0.25, 0.3) is 0 Å². The van der Waals surface area contributed by atoms with Gasteiger partial charge in [0, 0.05) is 25.4 Å². The lowest BCUT2D eigenvalue weighted by Crippen LogP contribution is -2.32. The zero-order chi connectivity index (χ0) is 25.6. The molecule has 0 saturated heterocycles. The summed E-state index contributed by atoms with van der Waals surface area (Å²) in [5, 5.41) is 8.76. The molecule has 2 unspecified atom stereocenters. The predicted octanol–water partition coefficient (Wildman–Crippen LogP) is 5.70. The van der Waals surface area contributed by atoms with Crippen LogP contribution in [0, 0.1) is 3.57 Å². The van der Waals surface area contributed by atoms with E-state index in [-0.39, 0.29) is 5.25 Å². The molecule has 3 atom stereocenters. The van der Waals surface area contributed by atoms with Gasteiger partial charge < -0.3 is 20.3 Å². The van der Waals surface area contributed by atoms with Gasteiger partial charge in [-0.05, 0) is 77.2 Å². The zero-order valence-electron chi connectivity index (χ0n) is 20.7. The van der Waals surface area contributed by atoms with Crippen LogP contribution in [0.4, 0.5) is 0 Å². The Morgan fingerprint density at radius 2 is 1.63 bits per heavy atom. The number of benzene rings is 2. The Balaban J connectivity index is 0.000000283. The Morgan fingerprint density at radius 1 is 1.00 bits per heavy atom. The van der Waals surface area contributed by atoms with E-state index in [2.05, 4.69) is 36.4 Å². The lowest BCUT2D eigenvalue weighted by Gasteiger charge is -2.12. The molecule has 0 spiro atoms. The van der Waals surface area contributed by atoms with Gasteiger partial charge in [-0.2, -0.15) is 0 Å². The van der Waals surface area contributed by atoms with Crippen LogP contribution in [0.2, 0.25) is 0 Å². The van der Waals surface area contributed by atoms with E-state index in [1.807, 2.05) is 42.5 Å². The van der Waals surface area contributed by atoms with E-state index in [4.69, 9.17) is 20.3 Å². The molecule has 0 amide bonds. The van der Waals surface area contributed by atoms with Crippen molar-refractivity contribution in [2.24, 2.45) is 5.73 Å². The van der Waals surface area contributed by atoms with Crippen LogP contribution in [0.3, 0.4) is 0 Å². The number of fused-ring (bicyclic) bond motifs is 1. The van der Waals surface area contributed by atoms with Gasteiger partial charge in [-0.1, -0.05) is 64.2 Å². The fourth-order valence-electron chi connectivity index (χ4n) is 3.68. The molecule has 0 radical (unpaired) electrons. The smallest absolute Gasteiger partial charge is 0.320 e. The third-order valence-electron chi connectivity index (χ3n) is 5.79. The summed E-state index contributed by atoms with van der Waals surface area (Å²) in [7, 11) is -0.743. The molecule has 0 saturated carbocycles. The van der Waals surface area contributed by atoms with Crippen molar-refractivity contribution >= 4 is 39.4 Å². The van der Waals surface area contributed by atoms with E-state index in [1.165, 1.54) is 37.7 Å². The van der Waals surface area contributed by atoms with Crippen LogP contribution in [-0.2, 0) is 28.4 Å². The van der Waals surface area contributed by atoms with E-state index < -0.39 is 22.8 Å². The minimum Gasteiger partial charge on any atom is -0.480 e. The first-order valence-electron chi connectivity index (χ1n) is 12.3. The van der Waals surface area contributed by atoms with Crippen molar-refractivity contribution in [3.05, 3.63) is 57.2 Å². The number of halogens is 1. The van der Waals surface area contributed by atoms with Crippen LogP contribution in [0.5, 0.6) is 11.5 Å². The van der Waals surface area contributed by atoms with Gasteiger partial charge in [0.15, 0.2) is 11.5 Å². The van der Waals surface area contributed by atoms with Gasteiger partial charge in [-0.15, -0.1) is 0 Å². The second kappa shape index (κ2) is 16.2. The molecule has 1 aliphatic heterocycles. The molecular weight excluding hydrogens is 577 g/mol. The number of ether oxygens (including phenoxy) is 2. The van der Waals surface area contributed by atoms with Gasteiger partial charge in [0.25, 0.3) is 0 Å². The Kier molecular flexibility index (Phi) is 13.7. The average Bonchev–Trinajstić information content (AvgIpc) is 3.31. The van der Waals surface area contributed by atoms with Crippen LogP contribution < -0.4 is 15.2 Å². The number of nitrogens with two attached hydrogens (primary N) is 1. The molecule has 2 aromatic rings. The number of aliphatic carboxylic acids is 1. The normalized spacial score (nSPS) is 14.5. The minimum atomic E-state index is -0.960. The van der Waals surface area contributed by atoms with Gasteiger partial charge >= 0.3 is 5.97 Å². The molecule has 35 heavy (non-hydrogen) atoms. The van der Waals surface area contributed by atoms with Crippen molar-refractivity contribution < 1.29 is 23.6 Å². The van der Waals surface area contributed by atoms with Crippen molar-refractivity contribution in [1.82, 2.24) is 0 Å². The number of unbranched alkanes of at least 4 members (excludes halogenated alkanes) is 5. The summed E-state index contributed by atoms with van der Waals surface area (Å²) in [6.45, 7) is 4.61. The second-order valence-corrected chi connectivity index (χ2v) is 12.1.